The van der Waals surface area contributed by atoms with Gasteiger partial charge in [-0.25, -0.2) is 0 Å². The number of methoxy groups -OCH3 is 1. The quantitative estimate of drug-likeness (QED) is 0.595. The first-order valence-electron chi connectivity index (χ1n) is 12.1. The topological polar surface area (TPSA) is 52.6 Å². The number of fused-ring (bicyclic) bond motifs is 3. The largest absolute Gasteiger partial charge is 0.469 e. The lowest BCUT2D eigenvalue weighted by atomic mass is 9.52. The van der Waals surface area contributed by atoms with Gasteiger partial charge in [-0.05, 0) is 86.4 Å². The van der Waals surface area contributed by atoms with Gasteiger partial charge in [0, 0.05) is 12.8 Å². The molecule has 164 valence electrons. The van der Waals surface area contributed by atoms with Crippen LogP contribution in [0.2, 0.25) is 0 Å². The molecular formula is C25H40O4. The van der Waals surface area contributed by atoms with E-state index < -0.39 is 5.60 Å². The molecule has 2 saturated heterocycles. The fraction of sp³-hybridized carbons (Fsp3) is 0.920. The van der Waals surface area contributed by atoms with Gasteiger partial charge in [-0.1, -0.05) is 27.2 Å². The molecule has 1 spiro atoms. The highest BCUT2D eigenvalue weighted by Gasteiger charge is 2.64. The molecule has 0 radical (unpaired) electrons. The van der Waals surface area contributed by atoms with E-state index >= 15 is 0 Å². The van der Waals surface area contributed by atoms with Gasteiger partial charge in [0.05, 0.1) is 13.2 Å². The third-order valence-corrected chi connectivity index (χ3v) is 9.39. The molecule has 0 N–H and O–H groups in total. The van der Waals surface area contributed by atoms with Gasteiger partial charge in [0.25, 0.3) is 0 Å². The number of carbonyl (C=O) groups is 2. The minimum Gasteiger partial charge on any atom is -0.469 e. The van der Waals surface area contributed by atoms with E-state index in [0.29, 0.717) is 48.2 Å². The van der Waals surface area contributed by atoms with Crippen LogP contribution in [0.4, 0.5) is 0 Å². The van der Waals surface area contributed by atoms with Crippen LogP contribution in [0.3, 0.4) is 0 Å². The number of rotatable bonds is 4. The number of hydrogen-bond donors (Lipinski definition) is 0. The molecule has 0 unspecified atom stereocenters. The molecule has 4 fully saturated rings. The number of ketones is 1. The summed E-state index contributed by atoms with van der Waals surface area (Å²) in [4.78, 5) is 25.4. The van der Waals surface area contributed by atoms with E-state index in [1.807, 2.05) is 0 Å². The van der Waals surface area contributed by atoms with E-state index in [2.05, 4.69) is 20.8 Å². The summed E-state index contributed by atoms with van der Waals surface area (Å²) in [5, 5.41) is 0. The van der Waals surface area contributed by atoms with Crippen LogP contribution in [0.25, 0.3) is 0 Å². The van der Waals surface area contributed by atoms with Gasteiger partial charge in [0.1, 0.15) is 5.60 Å². The van der Waals surface area contributed by atoms with Gasteiger partial charge in [0.15, 0.2) is 5.78 Å². The van der Waals surface area contributed by atoms with Crippen LogP contribution in [-0.2, 0) is 19.1 Å². The molecule has 0 amide bonds. The summed E-state index contributed by atoms with van der Waals surface area (Å²) in [7, 11) is 1.46. The van der Waals surface area contributed by atoms with Crippen molar-refractivity contribution in [2.24, 2.45) is 35.0 Å². The van der Waals surface area contributed by atoms with Crippen LogP contribution in [0.5, 0.6) is 0 Å². The van der Waals surface area contributed by atoms with Gasteiger partial charge < -0.3 is 9.47 Å². The predicted octanol–water partition coefficient (Wildman–Crippen LogP) is 5.33. The van der Waals surface area contributed by atoms with Crippen molar-refractivity contribution in [3.05, 3.63) is 0 Å². The summed E-state index contributed by atoms with van der Waals surface area (Å²) < 4.78 is 11.6. The molecule has 0 aromatic heterocycles. The second-order valence-corrected chi connectivity index (χ2v) is 11.0. The van der Waals surface area contributed by atoms with E-state index in [9.17, 15) is 9.59 Å². The summed E-state index contributed by atoms with van der Waals surface area (Å²) in [5.41, 5.74) is -0.432. The standard InChI is InChI=1S/C25H40O4/c1-16-7-9-21-20-11-10-19(17(2)8-12-23(27)28-4)24(20,3)15-22(26)25(21)13-5-6-18(14-16)29-25/h16-21H,5-15H2,1-4H3/t16-,17-,18-,19-,20+,21+,24+,25+/m1/s1. The maximum Gasteiger partial charge on any atom is 0.305 e. The highest BCUT2D eigenvalue weighted by molar-refractivity contribution is 5.89. The lowest BCUT2D eigenvalue weighted by Gasteiger charge is -2.57. The van der Waals surface area contributed by atoms with Crippen molar-refractivity contribution < 1.29 is 19.1 Å². The fourth-order valence-corrected chi connectivity index (χ4v) is 7.94. The molecule has 0 aromatic carbocycles. The lowest BCUT2D eigenvalue weighted by molar-refractivity contribution is -0.213. The molecule has 29 heavy (non-hydrogen) atoms. The zero-order valence-electron chi connectivity index (χ0n) is 18.9. The molecular weight excluding hydrogens is 364 g/mol. The van der Waals surface area contributed by atoms with Crippen LogP contribution in [0.15, 0.2) is 0 Å². The third kappa shape index (κ3) is 3.58. The zero-order chi connectivity index (χ0) is 20.8. The van der Waals surface area contributed by atoms with E-state index in [0.717, 1.165) is 38.5 Å². The van der Waals surface area contributed by atoms with Crippen LogP contribution in [0.1, 0.15) is 91.4 Å². The number of ether oxygens (including phenoxy) is 2. The van der Waals surface area contributed by atoms with Gasteiger partial charge in [-0.3, -0.25) is 9.59 Å². The second-order valence-electron chi connectivity index (χ2n) is 11.0. The number of hydrogen-bond acceptors (Lipinski definition) is 4. The Morgan fingerprint density at radius 1 is 1.21 bits per heavy atom. The van der Waals surface area contributed by atoms with Gasteiger partial charge in [-0.2, -0.15) is 0 Å². The Morgan fingerprint density at radius 3 is 2.72 bits per heavy atom. The third-order valence-electron chi connectivity index (χ3n) is 9.39. The molecule has 2 bridgehead atoms. The molecule has 8 atom stereocenters. The second kappa shape index (κ2) is 7.98. The van der Waals surface area contributed by atoms with Crippen molar-refractivity contribution >= 4 is 11.8 Å². The molecule has 0 aromatic rings. The average molecular weight is 405 g/mol. The summed E-state index contributed by atoms with van der Waals surface area (Å²) in [5.74, 6) is 2.89. The highest BCUT2D eigenvalue weighted by Crippen LogP contribution is 2.64. The van der Waals surface area contributed by atoms with Crippen LogP contribution in [-0.4, -0.2) is 30.6 Å². The predicted molar refractivity (Wildman–Crippen MR) is 112 cm³/mol. The molecule has 4 nitrogen and oxygen atoms in total. The minimum absolute atomic E-state index is 0.0568. The van der Waals surface area contributed by atoms with E-state index in [4.69, 9.17) is 9.47 Å². The number of esters is 1. The van der Waals surface area contributed by atoms with Crippen LogP contribution in [0, 0.1) is 35.0 Å². The zero-order valence-corrected chi connectivity index (χ0v) is 18.9. The van der Waals surface area contributed by atoms with Crippen molar-refractivity contribution in [1.29, 1.82) is 0 Å². The molecule has 2 aliphatic carbocycles. The van der Waals surface area contributed by atoms with E-state index in [1.165, 1.54) is 26.4 Å². The number of carbonyl (C=O) groups excluding carboxylic acids is 2. The van der Waals surface area contributed by atoms with Crippen molar-refractivity contribution in [2.75, 3.05) is 7.11 Å². The normalized spacial score (nSPS) is 45.5. The monoisotopic (exact) mass is 404 g/mol. The summed E-state index contributed by atoms with van der Waals surface area (Å²) in [6.45, 7) is 7.03. The maximum absolute atomic E-state index is 13.7. The smallest absolute Gasteiger partial charge is 0.305 e. The first-order chi connectivity index (χ1) is 13.8. The molecule has 4 rings (SSSR count). The fourth-order valence-electron chi connectivity index (χ4n) is 7.94. The molecule has 4 heteroatoms. The molecule has 4 aliphatic rings. The lowest BCUT2D eigenvalue weighted by Crippen LogP contribution is -2.62. The Morgan fingerprint density at radius 2 is 1.97 bits per heavy atom. The van der Waals surface area contributed by atoms with Crippen LogP contribution < -0.4 is 0 Å². The Kier molecular flexibility index (Phi) is 5.87. The first-order valence-corrected chi connectivity index (χ1v) is 12.1. The van der Waals surface area contributed by atoms with E-state index in [-0.39, 0.29) is 17.5 Å². The Labute approximate surface area is 176 Å². The van der Waals surface area contributed by atoms with Crippen molar-refractivity contribution in [3.63, 3.8) is 0 Å². The van der Waals surface area contributed by atoms with Crippen molar-refractivity contribution in [3.8, 4) is 0 Å². The van der Waals surface area contributed by atoms with E-state index in [1.54, 1.807) is 0 Å². The Hall–Kier alpha value is -0.900. The highest BCUT2D eigenvalue weighted by atomic mass is 16.5. The van der Waals surface area contributed by atoms with Gasteiger partial charge in [0.2, 0.25) is 0 Å². The first kappa shape index (κ1) is 21.3. The van der Waals surface area contributed by atoms with Crippen molar-refractivity contribution in [1.82, 2.24) is 0 Å². The Balaban J connectivity index is 1.59. The summed E-state index contributed by atoms with van der Waals surface area (Å²) in [6, 6.07) is 0. The molecule has 2 aliphatic heterocycles. The maximum atomic E-state index is 13.7. The minimum atomic E-state index is -0.489. The summed E-state index contributed by atoms with van der Waals surface area (Å²) in [6.07, 6.45) is 11.4. The van der Waals surface area contributed by atoms with Crippen molar-refractivity contribution in [2.45, 2.75) is 103 Å². The SMILES string of the molecule is COC(=O)CC[C@@H](C)[C@H]1CC[C@H]2[C@@H]3CC[C@@H](C)C[C@H]4CCC[C@@]3(O4)C(=O)C[C@@]12C. The summed E-state index contributed by atoms with van der Waals surface area (Å²) >= 11 is 0. The molecule has 2 heterocycles. The number of Topliss-reactive ketones (excluding diaryl/α,β-unsaturated/α-hetero) is 1. The van der Waals surface area contributed by atoms with Crippen LogP contribution >= 0.6 is 0 Å². The Bertz CT molecular complexity index is 645. The van der Waals surface area contributed by atoms with Gasteiger partial charge in [-0.15, -0.1) is 0 Å². The molecule has 2 saturated carbocycles. The average Bonchev–Trinajstić information content (AvgIpc) is 3.02. The van der Waals surface area contributed by atoms with Gasteiger partial charge >= 0.3 is 5.97 Å².